The maximum absolute atomic E-state index is 12.8. The van der Waals surface area contributed by atoms with Gasteiger partial charge in [-0.1, -0.05) is 23.2 Å². The van der Waals surface area contributed by atoms with Crippen molar-refractivity contribution in [1.29, 1.82) is 0 Å². The van der Waals surface area contributed by atoms with Crippen molar-refractivity contribution in [3.8, 4) is 0 Å². The average molecular weight is 443 g/mol. The number of hydrogen-bond acceptors (Lipinski definition) is 5. The molecule has 29 heavy (non-hydrogen) atoms. The Hall–Kier alpha value is -2.85. The van der Waals surface area contributed by atoms with E-state index in [0.717, 1.165) is 6.07 Å². The fourth-order valence-corrected chi connectivity index (χ4v) is 3.34. The zero-order valence-electron chi connectivity index (χ0n) is 14.4. The maximum Gasteiger partial charge on any atom is 0.417 e. The Bertz CT molecular complexity index is 1280. The second-order valence-electron chi connectivity index (χ2n) is 6.09. The topological polar surface area (TPSA) is 77.1 Å². The molecule has 0 amide bonds. The summed E-state index contributed by atoms with van der Waals surface area (Å²) in [6.07, 6.45) is -2.42. The Balaban J connectivity index is 1.63. The van der Waals surface area contributed by atoms with Crippen LogP contribution in [0.15, 0.2) is 41.6 Å². The monoisotopic (exact) mass is 442 g/mol. The highest BCUT2D eigenvalue weighted by Crippen LogP contribution is 2.32. The molecule has 1 N–H and O–H groups in total. The van der Waals surface area contributed by atoms with Crippen LogP contribution in [0.1, 0.15) is 5.56 Å². The van der Waals surface area contributed by atoms with Crippen molar-refractivity contribution in [2.75, 3.05) is 11.9 Å². The number of nitrogens with one attached hydrogen (secondary N) is 1. The van der Waals surface area contributed by atoms with E-state index in [0.29, 0.717) is 22.3 Å². The van der Waals surface area contributed by atoms with Gasteiger partial charge in [0.05, 0.1) is 21.6 Å². The minimum atomic E-state index is -4.53. The molecule has 3 aromatic heterocycles. The fourth-order valence-electron chi connectivity index (χ4n) is 2.94. The molecule has 0 spiro atoms. The van der Waals surface area contributed by atoms with E-state index < -0.39 is 11.7 Å². The number of hydrogen-bond donors (Lipinski definition) is 1. The van der Waals surface area contributed by atoms with E-state index >= 15 is 0 Å². The van der Waals surface area contributed by atoms with Gasteiger partial charge in [-0.25, -0.2) is 4.98 Å². The largest absolute Gasteiger partial charge is 0.417 e. The van der Waals surface area contributed by atoms with Crippen molar-refractivity contribution in [3.63, 3.8) is 0 Å². The molecule has 7 nitrogen and oxygen atoms in total. The zero-order chi connectivity index (χ0) is 20.8. The van der Waals surface area contributed by atoms with E-state index in [4.69, 9.17) is 23.2 Å². The second kappa shape index (κ2) is 7.20. The predicted octanol–water partition coefficient (Wildman–Crippen LogP) is 3.88. The Morgan fingerprint density at radius 1 is 1.14 bits per heavy atom. The number of aromatic nitrogens is 5. The van der Waals surface area contributed by atoms with Crippen LogP contribution in [0.5, 0.6) is 0 Å². The maximum atomic E-state index is 12.8. The molecule has 0 aliphatic carbocycles. The van der Waals surface area contributed by atoms with Crippen molar-refractivity contribution >= 4 is 45.7 Å². The van der Waals surface area contributed by atoms with Gasteiger partial charge in [0.25, 0.3) is 5.56 Å². The van der Waals surface area contributed by atoms with E-state index in [1.54, 1.807) is 22.6 Å². The quantitative estimate of drug-likeness (QED) is 0.518. The van der Waals surface area contributed by atoms with Crippen LogP contribution in [-0.2, 0) is 12.7 Å². The van der Waals surface area contributed by atoms with E-state index in [2.05, 4.69) is 20.5 Å². The summed E-state index contributed by atoms with van der Waals surface area (Å²) in [7, 11) is 0. The first-order valence-electron chi connectivity index (χ1n) is 8.24. The first kappa shape index (κ1) is 19.5. The Morgan fingerprint density at radius 3 is 2.66 bits per heavy atom. The van der Waals surface area contributed by atoms with Crippen LogP contribution in [0.3, 0.4) is 0 Å². The van der Waals surface area contributed by atoms with Crippen LogP contribution >= 0.6 is 23.2 Å². The van der Waals surface area contributed by atoms with Gasteiger partial charge >= 0.3 is 6.18 Å². The normalized spacial score (nSPS) is 12.0. The van der Waals surface area contributed by atoms with Crippen molar-refractivity contribution in [2.24, 2.45) is 0 Å². The number of nitrogens with zero attached hydrogens (tertiary/aromatic N) is 5. The average Bonchev–Trinajstić information content (AvgIpc) is 3.15. The molecule has 0 fully saturated rings. The summed E-state index contributed by atoms with van der Waals surface area (Å²) in [4.78, 5) is 16.5. The third-order valence-corrected chi connectivity index (χ3v) is 4.79. The molecule has 0 saturated carbocycles. The molecule has 0 saturated heterocycles. The highest BCUT2D eigenvalue weighted by atomic mass is 35.5. The molecule has 0 radical (unpaired) electrons. The molecule has 4 aromatic rings. The predicted molar refractivity (Wildman–Crippen MR) is 103 cm³/mol. The van der Waals surface area contributed by atoms with Gasteiger partial charge < -0.3 is 9.88 Å². The van der Waals surface area contributed by atoms with Gasteiger partial charge in [-0.15, -0.1) is 10.2 Å². The van der Waals surface area contributed by atoms with Gasteiger partial charge in [0.15, 0.2) is 0 Å². The van der Waals surface area contributed by atoms with Gasteiger partial charge in [-0.2, -0.15) is 13.2 Å². The molecule has 4 rings (SSSR count). The first-order valence-corrected chi connectivity index (χ1v) is 9.00. The van der Waals surface area contributed by atoms with Crippen molar-refractivity contribution in [3.05, 3.63) is 62.8 Å². The molecule has 1 aromatic carbocycles. The third kappa shape index (κ3) is 3.60. The number of fused-ring (bicyclic) bond motifs is 3. The third-order valence-electron chi connectivity index (χ3n) is 4.27. The number of benzene rings is 1. The van der Waals surface area contributed by atoms with E-state index in [1.807, 2.05) is 0 Å². The van der Waals surface area contributed by atoms with Gasteiger partial charge in [0.2, 0.25) is 5.65 Å². The molecule has 0 unspecified atom stereocenters. The van der Waals surface area contributed by atoms with Crippen LogP contribution in [0.4, 0.5) is 19.0 Å². The smallest absolute Gasteiger partial charge is 0.367 e. The van der Waals surface area contributed by atoms with E-state index in [-0.39, 0.29) is 35.1 Å². The van der Waals surface area contributed by atoms with Crippen LogP contribution in [0, 0.1) is 0 Å². The van der Waals surface area contributed by atoms with Crippen molar-refractivity contribution < 1.29 is 13.2 Å². The molecular formula is C17H11Cl2F3N6O. The highest BCUT2D eigenvalue weighted by molar-refractivity contribution is 6.33. The molecule has 0 bridgehead atoms. The highest BCUT2D eigenvalue weighted by Gasteiger charge is 2.31. The summed E-state index contributed by atoms with van der Waals surface area (Å²) in [6.45, 7) is 0.361. The molecule has 150 valence electrons. The standard InChI is InChI=1S/C17H11Cl2F3N6O/c18-10-1-2-12-13(6-10)28-8-25-26-15(28)16(29)27(12)4-3-23-14-11(19)5-9(7-24-14)17(20,21)22/h1-2,5-8H,3-4H2,(H,23,24). The van der Waals surface area contributed by atoms with E-state index in [9.17, 15) is 18.0 Å². The lowest BCUT2D eigenvalue weighted by Gasteiger charge is -2.14. The van der Waals surface area contributed by atoms with Crippen LogP contribution in [-0.4, -0.2) is 30.7 Å². The van der Waals surface area contributed by atoms with Crippen LogP contribution in [0.25, 0.3) is 16.7 Å². The molecule has 0 atom stereocenters. The van der Waals surface area contributed by atoms with Crippen molar-refractivity contribution in [1.82, 2.24) is 24.1 Å². The SMILES string of the molecule is O=c1c2nncn2c2cc(Cl)ccc2n1CCNc1ncc(C(F)(F)F)cc1Cl. The minimum absolute atomic E-state index is 0.0867. The summed E-state index contributed by atoms with van der Waals surface area (Å²) in [5.41, 5.74) is 0.0585. The Kier molecular flexibility index (Phi) is 4.83. The summed E-state index contributed by atoms with van der Waals surface area (Å²) in [5.74, 6) is 0.0867. The fraction of sp³-hybridized carbons (Fsp3) is 0.176. The zero-order valence-corrected chi connectivity index (χ0v) is 15.9. The summed E-state index contributed by atoms with van der Waals surface area (Å²) < 4.78 is 41.2. The summed E-state index contributed by atoms with van der Waals surface area (Å²) in [6, 6.07) is 5.83. The second-order valence-corrected chi connectivity index (χ2v) is 6.94. The summed E-state index contributed by atoms with van der Waals surface area (Å²) >= 11 is 12.0. The molecule has 0 aliphatic rings. The number of alkyl halides is 3. The molecule has 12 heteroatoms. The number of halogens is 5. The van der Waals surface area contributed by atoms with Gasteiger partial charge in [-0.05, 0) is 24.3 Å². The Labute approximate surface area is 170 Å². The van der Waals surface area contributed by atoms with Crippen molar-refractivity contribution in [2.45, 2.75) is 12.7 Å². The lowest BCUT2D eigenvalue weighted by Crippen LogP contribution is -2.26. The lowest BCUT2D eigenvalue weighted by molar-refractivity contribution is -0.137. The molecule has 3 heterocycles. The number of anilines is 1. The molecular weight excluding hydrogens is 432 g/mol. The lowest BCUT2D eigenvalue weighted by atomic mass is 10.2. The van der Waals surface area contributed by atoms with E-state index in [1.165, 1.54) is 10.9 Å². The minimum Gasteiger partial charge on any atom is -0.367 e. The summed E-state index contributed by atoms with van der Waals surface area (Å²) in [5, 5.41) is 10.8. The van der Waals surface area contributed by atoms with Crippen LogP contribution < -0.4 is 10.9 Å². The van der Waals surface area contributed by atoms with Gasteiger partial charge in [-0.3, -0.25) is 9.20 Å². The van der Waals surface area contributed by atoms with Gasteiger partial charge in [0.1, 0.15) is 12.1 Å². The van der Waals surface area contributed by atoms with Crippen LogP contribution in [0.2, 0.25) is 10.0 Å². The van der Waals surface area contributed by atoms with Gasteiger partial charge in [0, 0.05) is 24.3 Å². The number of pyridine rings is 1. The number of rotatable bonds is 4. The first-order chi connectivity index (χ1) is 13.8. The molecule has 0 aliphatic heterocycles. The Morgan fingerprint density at radius 2 is 1.93 bits per heavy atom.